The van der Waals surface area contributed by atoms with E-state index in [0.29, 0.717) is 0 Å². The molecular formula is C20H20N4O2Pd. The molecule has 0 aliphatic rings. The van der Waals surface area contributed by atoms with Crippen molar-refractivity contribution in [3.63, 3.8) is 0 Å². The van der Waals surface area contributed by atoms with Crippen LogP contribution in [0.2, 0.25) is 0 Å². The molecule has 0 spiro atoms. The predicted molar refractivity (Wildman–Crippen MR) is 99.9 cm³/mol. The van der Waals surface area contributed by atoms with Crippen LogP contribution < -0.4 is 0 Å². The number of benzene rings is 2. The third-order valence-corrected chi connectivity index (χ3v) is 3.63. The van der Waals surface area contributed by atoms with Crippen LogP contribution in [0.5, 0.6) is 11.8 Å². The molecule has 0 bridgehead atoms. The molecule has 0 fully saturated rings. The molecule has 0 atom stereocenters. The van der Waals surface area contributed by atoms with Crippen molar-refractivity contribution in [3.05, 3.63) is 84.2 Å². The first-order valence-corrected chi connectivity index (χ1v) is 8.16. The molecule has 4 aromatic rings. The van der Waals surface area contributed by atoms with E-state index in [-0.39, 0.29) is 32.2 Å². The largest absolute Gasteiger partial charge is 0.493 e. The van der Waals surface area contributed by atoms with Gasteiger partial charge in [0.05, 0.1) is 22.8 Å². The Balaban J connectivity index is 0.000000187. The number of aryl methyl sites for hydroxylation is 2. The fourth-order valence-electron chi connectivity index (χ4n) is 2.49. The van der Waals surface area contributed by atoms with E-state index in [1.54, 1.807) is 12.1 Å². The van der Waals surface area contributed by atoms with Crippen LogP contribution in [0.3, 0.4) is 0 Å². The van der Waals surface area contributed by atoms with Crippen molar-refractivity contribution >= 4 is 0 Å². The zero-order valence-corrected chi connectivity index (χ0v) is 16.5. The average molecular weight is 455 g/mol. The molecule has 2 heterocycles. The second kappa shape index (κ2) is 9.17. The van der Waals surface area contributed by atoms with E-state index in [1.165, 1.54) is 9.36 Å². The third kappa shape index (κ3) is 5.07. The Kier molecular flexibility index (Phi) is 6.94. The van der Waals surface area contributed by atoms with Gasteiger partial charge in [-0.1, -0.05) is 36.4 Å². The summed E-state index contributed by atoms with van der Waals surface area (Å²) in [5.74, 6) is 0.340. The van der Waals surface area contributed by atoms with Crippen LogP contribution in [0.15, 0.2) is 72.8 Å². The second-order valence-corrected chi connectivity index (χ2v) is 5.78. The van der Waals surface area contributed by atoms with Crippen molar-refractivity contribution in [2.24, 2.45) is 0 Å². The number of rotatable bonds is 2. The van der Waals surface area contributed by atoms with Gasteiger partial charge < -0.3 is 10.2 Å². The van der Waals surface area contributed by atoms with E-state index in [2.05, 4.69) is 10.2 Å². The quantitative estimate of drug-likeness (QED) is 0.452. The Labute approximate surface area is 171 Å². The summed E-state index contributed by atoms with van der Waals surface area (Å²) in [6.45, 7) is 3.69. The maximum absolute atomic E-state index is 9.49. The Bertz CT molecular complexity index is 900. The summed E-state index contributed by atoms with van der Waals surface area (Å²) in [5, 5.41) is 27.3. The van der Waals surface area contributed by atoms with Crippen LogP contribution >= 0.6 is 0 Å². The molecule has 2 N–H and O–H groups in total. The fourth-order valence-corrected chi connectivity index (χ4v) is 2.49. The zero-order valence-electron chi connectivity index (χ0n) is 14.9. The molecule has 27 heavy (non-hydrogen) atoms. The van der Waals surface area contributed by atoms with Gasteiger partial charge in [0.2, 0.25) is 11.8 Å². The maximum atomic E-state index is 9.49. The Hall–Kier alpha value is -2.88. The Morgan fingerprint density at radius 1 is 0.630 bits per heavy atom. The van der Waals surface area contributed by atoms with Crippen LogP contribution in [0, 0.1) is 13.8 Å². The van der Waals surface area contributed by atoms with E-state index in [1.807, 2.05) is 74.5 Å². The summed E-state index contributed by atoms with van der Waals surface area (Å²) in [5.41, 5.74) is 3.35. The molecule has 0 saturated heterocycles. The fraction of sp³-hybridized carbons (Fsp3) is 0.100. The smallest absolute Gasteiger partial charge is 0.214 e. The van der Waals surface area contributed by atoms with Crippen LogP contribution in [-0.2, 0) is 20.4 Å². The van der Waals surface area contributed by atoms with Crippen LogP contribution in [-0.4, -0.2) is 29.8 Å². The summed E-state index contributed by atoms with van der Waals surface area (Å²) in [6.07, 6.45) is 0. The first kappa shape index (κ1) is 20.4. The Morgan fingerprint density at radius 3 is 1.22 bits per heavy atom. The third-order valence-electron chi connectivity index (χ3n) is 3.63. The van der Waals surface area contributed by atoms with Gasteiger partial charge in [0, 0.05) is 32.6 Å². The van der Waals surface area contributed by atoms with Crippen molar-refractivity contribution in [3.8, 4) is 23.1 Å². The summed E-state index contributed by atoms with van der Waals surface area (Å²) < 4.78 is 3.02. The first-order valence-electron chi connectivity index (χ1n) is 8.16. The molecule has 0 unspecified atom stereocenters. The molecule has 0 aliphatic carbocycles. The van der Waals surface area contributed by atoms with E-state index in [0.717, 1.165) is 22.8 Å². The van der Waals surface area contributed by atoms with Gasteiger partial charge in [0.25, 0.3) is 0 Å². The standard InChI is InChI=1S/2C10H10N2O.Pd/c2*1-8-7-10(13)12(11-8)9-5-3-2-4-6-9;/h2*2-7,13H,1H3;. The molecular weight excluding hydrogens is 435 g/mol. The molecule has 0 saturated carbocycles. The van der Waals surface area contributed by atoms with Gasteiger partial charge in [-0.15, -0.1) is 0 Å². The van der Waals surface area contributed by atoms with E-state index in [9.17, 15) is 10.2 Å². The zero-order chi connectivity index (χ0) is 18.5. The van der Waals surface area contributed by atoms with Gasteiger partial charge in [-0.3, -0.25) is 0 Å². The van der Waals surface area contributed by atoms with Crippen LogP contribution in [0.4, 0.5) is 0 Å². The minimum Gasteiger partial charge on any atom is -0.493 e. The van der Waals surface area contributed by atoms with Crippen molar-refractivity contribution in [2.45, 2.75) is 13.8 Å². The molecule has 2 aromatic carbocycles. The second-order valence-electron chi connectivity index (χ2n) is 5.78. The molecule has 2 aromatic heterocycles. The van der Waals surface area contributed by atoms with E-state index in [4.69, 9.17) is 0 Å². The van der Waals surface area contributed by atoms with Gasteiger partial charge in [-0.25, -0.2) is 9.36 Å². The number of hydrogen-bond donors (Lipinski definition) is 2. The molecule has 0 radical (unpaired) electrons. The monoisotopic (exact) mass is 454 g/mol. The maximum Gasteiger partial charge on any atom is 0.214 e. The topological polar surface area (TPSA) is 76.1 Å². The Morgan fingerprint density at radius 2 is 0.963 bits per heavy atom. The predicted octanol–water partition coefficient (Wildman–Crippen LogP) is 3.77. The minimum absolute atomic E-state index is 0. The summed E-state index contributed by atoms with van der Waals surface area (Å²) in [4.78, 5) is 0. The molecule has 6 nitrogen and oxygen atoms in total. The van der Waals surface area contributed by atoms with Gasteiger partial charge in [0.15, 0.2) is 0 Å². The van der Waals surface area contributed by atoms with Crippen molar-refractivity contribution in [2.75, 3.05) is 0 Å². The van der Waals surface area contributed by atoms with Crippen molar-refractivity contribution in [1.82, 2.24) is 19.6 Å². The van der Waals surface area contributed by atoms with Gasteiger partial charge in [-0.2, -0.15) is 10.2 Å². The summed E-state index contributed by atoms with van der Waals surface area (Å²) in [6, 6.07) is 22.3. The number of aromatic hydroxyl groups is 2. The van der Waals surface area contributed by atoms with E-state index >= 15 is 0 Å². The minimum atomic E-state index is 0. The number of nitrogens with zero attached hydrogens (tertiary/aromatic N) is 4. The van der Waals surface area contributed by atoms with Crippen molar-refractivity contribution < 1.29 is 30.6 Å². The molecule has 7 heteroatoms. The molecule has 0 amide bonds. The molecule has 4 rings (SSSR count). The molecule has 0 aliphatic heterocycles. The number of aromatic nitrogens is 4. The normalized spacial score (nSPS) is 9.85. The molecule has 142 valence electrons. The number of para-hydroxylation sites is 2. The van der Waals surface area contributed by atoms with E-state index < -0.39 is 0 Å². The van der Waals surface area contributed by atoms with Gasteiger partial charge >= 0.3 is 0 Å². The van der Waals surface area contributed by atoms with Gasteiger partial charge in [-0.05, 0) is 38.1 Å². The summed E-state index contributed by atoms with van der Waals surface area (Å²) >= 11 is 0. The SMILES string of the molecule is Cc1cc(O)n(-c2ccccc2)n1.Cc1cc(O)n(-c2ccccc2)n1.[Pd]. The average Bonchev–Trinajstić information content (AvgIpc) is 3.17. The van der Waals surface area contributed by atoms with Crippen molar-refractivity contribution in [1.29, 1.82) is 0 Å². The first-order chi connectivity index (χ1) is 12.5. The summed E-state index contributed by atoms with van der Waals surface area (Å²) in [7, 11) is 0. The number of hydrogen-bond acceptors (Lipinski definition) is 4. The van der Waals surface area contributed by atoms with Crippen LogP contribution in [0.1, 0.15) is 11.4 Å². The van der Waals surface area contributed by atoms with Gasteiger partial charge in [0.1, 0.15) is 0 Å². The van der Waals surface area contributed by atoms with Crippen LogP contribution in [0.25, 0.3) is 11.4 Å².